The molecule has 1 saturated heterocycles. The molecule has 0 saturated carbocycles. The SMILES string of the molecule is Cc1cc(N(C)C)cc([C@H]2CCN(C(=O)/C=C/c3cccnc3)C2)n1. The van der Waals surface area contributed by atoms with Crippen LogP contribution < -0.4 is 4.90 Å². The van der Waals surface area contributed by atoms with Crippen molar-refractivity contribution in [3.8, 4) is 0 Å². The normalized spacial score (nSPS) is 17.2. The molecule has 0 aromatic carbocycles. The van der Waals surface area contributed by atoms with Crippen LogP contribution in [0.5, 0.6) is 0 Å². The number of anilines is 1. The third-order valence-electron chi connectivity index (χ3n) is 4.50. The maximum Gasteiger partial charge on any atom is 0.246 e. The average molecular weight is 336 g/mol. The van der Waals surface area contributed by atoms with Gasteiger partial charge in [0.25, 0.3) is 0 Å². The zero-order valence-electron chi connectivity index (χ0n) is 15.0. The molecule has 5 heteroatoms. The van der Waals surface area contributed by atoms with E-state index in [1.54, 1.807) is 18.5 Å². The first-order chi connectivity index (χ1) is 12.0. The molecule has 1 atom stereocenters. The average Bonchev–Trinajstić information content (AvgIpc) is 3.10. The van der Waals surface area contributed by atoms with E-state index < -0.39 is 0 Å². The van der Waals surface area contributed by atoms with Gasteiger partial charge in [-0.1, -0.05) is 6.07 Å². The van der Waals surface area contributed by atoms with E-state index in [1.807, 2.05) is 44.1 Å². The van der Waals surface area contributed by atoms with Crippen LogP contribution >= 0.6 is 0 Å². The topological polar surface area (TPSA) is 49.3 Å². The summed E-state index contributed by atoms with van der Waals surface area (Å²) in [5.41, 5.74) is 4.18. The predicted molar refractivity (Wildman–Crippen MR) is 101 cm³/mol. The second-order valence-electron chi connectivity index (χ2n) is 6.68. The van der Waals surface area contributed by atoms with E-state index in [0.29, 0.717) is 5.92 Å². The molecule has 0 N–H and O–H groups in total. The lowest BCUT2D eigenvalue weighted by Crippen LogP contribution is -2.26. The van der Waals surface area contributed by atoms with Gasteiger partial charge in [0.05, 0.1) is 0 Å². The Morgan fingerprint density at radius 1 is 1.36 bits per heavy atom. The van der Waals surface area contributed by atoms with Crippen LogP contribution in [0.15, 0.2) is 42.7 Å². The molecule has 0 spiro atoms. The Morgan fingerprint density at radius 2 is 2.20 bits per heavy atom. The van der Waals surface area contributed by atoms with Crippen molar-refractivity contribution in [2.24, 2.45) is 0 Å². The summed E-state index contributed by atoms with van der Waals surface area (Å²) < 4.78 is 0. The molecule has 0 aliphatic carbocycles. The van der Waals surface area contributed by atoms with E-state index in [-0.39, 0.29) is 5.91 Å². The summed E-state index contributed by atoms with van der Waals surface area (Å²) in [5.74, 6) is 0.348. The number of aromatic nitrogens is 2. The zero-order valence-corrected chi connectivity index (χ0v) is 15.0. The van der Waals surface area contributed by atoms with Crippen LogP contribution in [0.25, 0.3) is 6.08 Å². The fourth-order valence-electron chi connectivity index (χ4n) is 3.09. The van der Waals surface area contributed by atoms with Gasteiger partial charge in [-0.2, -0.15) is 0 Å². The lowest BCUT2D eigenvalue weighted by atomic mass is 10.0. The van der Waals surface area contributed by atoms with Crippen LogP contribution in [0, 0.1) is 6.92 Å². The van der Waals surface area contributed by atoms with Crippen molar-refractivity contribution in [3.05, 3.63) is 59.7 Å². The van der Waals surface area contributed by atoms with Crippen molar-refractivity contribution in [1.29, 1.82) is 0 Å². The summed E-state index contributed by atoms with van der Waals surface area (Å²) in [7, 11) is 4.07. The minimum atomic E-state index is 0.0480. The molecule has 130 valence electrons. The summed E-state index contributed by atoms with van der Waals surface area (Å²) >= 11 is 0. The number of aryl methyl sites for hydroxylation is 1. The van der Waals surface area contributed by atoms with Crippen LogP contribution in [-0.4, -0.2) is 48.0 Å². The van der Waals surface area contributed by atoms with Crippen molar-refractivity contribution in [2.75, 3.05) is 32.1 Å². The largest absolute Gasteiger partial charge is 0.378 e. The third-order valence-corrected chi connectivity index (χ3v) is 4.50. The summed E-state index contributed by atoms with van der Waals surface area (Å²) in [6.45, 7) is 3.51. The zero-order chi connectivity index (χ0) is 17.8. The Morgan fingerprint density at radius 3 is 2.92 bits per heavy atom. The van der Waals surface area contributed by atoms with Gasteiger partial charge in [0.15, 0.2) is 0 Å². The van der Waals surface area contributed by atoms with E-state index in [4.69, 9.17) is 4.98 Å². The molecule has 2 aromatic rings. The first kappa shape index (κ1) is 17.1. The van der Waals surface area contributed by atoms with Crippen LogP contribution in [0.1, 0.15) is 29.3 Å². The number of carbonyl (C=O) groups excluding carboxylic acids is 1. The summed E-state index contributed by atoms with van der Waals surface area (Å²) in [5, 5.41) is 0. The molecule has 1 aliphatic heterocycles. The Labute approximate surface area is 149 Å². The Balaban J connectivity index is 1.67. The molecule has 1 aliphatic rings. The van der Waals surface area contributed by atoms with Gasteiger partial charge in [-0.05, 0) is 43.2 Å². The van der Waals surface area contributed by atoms with Gasteiger partial charge in [0.1, 0.15) is 0 Å². The van der Waals surface area contributed by atoms with Crippen LogP contribution in [0.2, 0.25) is 0 Å². The first-order valence-corrected chi connectivity index (χ1v) is 8.56. The number of likely N-dealkylation sites (tertiary alicyclic amines) is 1. The highest BCUT2D eigenvalue weighted by atomic mass is 16.2. The molecular weight excluding hydrogens is 312 g/mol. The van der Waals surface area contributed by atoms with Crippen LogP contribution in [0.3, 0.4) is 0 Å². The lowest BCUT2D eigenvalue weighted by molar-refractivity contribution is -0.124. The number of pyridine rings is 2. The maximum atomic E-state index is 12.4. The maximum absolute atomic E-state index is 12.4. The second-order valence-corrected chi connectivity index (χ2v) is 6.68. The van der Waals surface area contributed by atoms with Gasteiger partial charge < -0.3 is 9.80 Å². The minimum absolute atomic E-state index is 0.0480. The van der Waals surface area contributed by atoms with Crippen LogP contribution in [-0.2, 0) is 4.79 Å². The monoisotopic (exact) mass is 336 g/mol. The fourth-order valence-corrected chi connectivity index (χ4v) is 3.09. The number of rotatable bonds is 4. The smallest absolute Gasteiger partial charge is 0.246 e. The predicted octanol–water partition coefficient (Wildman–Crippen LogP) is 2.88. The van der Waals surface area contributed by atoms with Crippen molar-refractivity contribution < 1.29 is 4.79 Å². The van der Waals surface area contributed by atoms with Gasteiger partial charge in [-0.25, -0.2) is 0 Å². The van der Waals surface area contributed by atoms with Crippen molar-refractivity contribution in [2.45, 2.75) is 19.3 Å². The van der Waals surface area contributed by atoms with Crippen molar-refractivity contribution in [3.63, 3.8) is 0 Å². The van der Waals surface area contributed by atoms with Gasteiger partial charge in [-0.3, -0.25) is 14.8 Å². The third kappa shape index (κ3) is 4.24. The summed E-state index contributed by atoms with van der Waals surface area (Å²) in [6, 6.07) is 8.01. The standard InChI is InChI=1S/C20H24N4O/c1-15-11-18(23(2)3)12-19(22-15)17-8-10-24(14-17)20(25)7-6-16-5-4-9-21-13-16/h4-7,9,11-13,17H,8,10,14H2,1-3H3/b7-6+/t17-/m0/s1. The Hall–Kier alpha value is -2.69. The van der Waals surface area contributed by atoms with E-state index in [0.717, 1.165) is 42.1 Å². The highest BCUT2D eigenvalue weighted by Gasteiger charge is 2.27. The fraction of sp³-hybridized carbons (Fsp3) is 0.350. The molecule has 0 unspecified atom stereocenters. The molecular formula is C20H24N4O. The highest BCUT2D eigenvalue weighted by Crippen LogP contribution is 2.28. The van der Waals surface area contributed by atoms with Gasteiger partial charge in [0, 0.05) is 68.6 Å². The van der Waals surface area contributed by atoms with Crippen LogP contribution in [0.4, 0.5) is 5.69 Å². The first-order valence-electron chi connectivity index (χ1n) is 8.56. The molecule has 3 rings (SSSR count). The summed E-state index contributed by atoms with van der Waals surface area (Å²) in [6.07, 6.45) is 7.87. The van der Waals surface area contributed by atoms with E-state index in [2.05, 4.69) is 22.0 Å². The van der Waals surface area contributed by atoms with Crippen molar-refractivity contribution in [1.82, 2.24) is 14.9 Å². The number of amides is 1. The molecule has 25 heavy (non-hydrogen) atoms. The number of nitrogens with zero attached hydrogens (tertiary/aromatic N) is 4. The lowest BCUT2D eigenvalue weighted by Gasteiger charge is -2.18. The molecule has 1 fully saturated rings. The van der Waals surface area contributed by atoms with Gasteiger partial charge >= 0.3 is 0 Å². The second kappa shape index (κ2) is 7.47. The van der Waals surface area contributed by atoms with E-state index in [1.165, 1.54) is 0 Å². The molecule has 3 heterocycles. The highest BCUT2D eigenvalue weighted by molar-refractivity contribution is 5.92. The quantitative estimate of drug-likeness (QED) is 0.806. The molecule has 0 bridgehead atoms. The van der Waals surface area contributed by atoms with E-state index >= 15 is 0 Å². The number of hydrogen-bond donors (Lipinski definition) is 0. The van der Waals surface area contributed by atoms with Gasteiger partial charge in [-0.15, -0.1) is 0 Å². The number of carbonyl (C=O) groups is 1. The molecule has 0 radical (unpaired) electrons. The molecule has 5 nitrogen and oxygen atoms in total. The van der Waals surface area contributed by atoms with Gasteiger partial charge in [0.2, 0.25) is 5.91 Å². The number of hydrogen-bond acceptors (Lipinski definition) is 4. The van der Waals surface area contributed by atoms with Crippen molar-refractivity contribution >= 4 is 17.7 Å². The Kier molecular flexibility index (Phi) is 5.12. The minimum Gasteiger partial charge on any atom is -0.378 e. The molecule has 1 amide bonds. The molecule has 2 aromatic heterocycles. The Bertz CT molecular complexity index is 771. The summed E-state index contributed by atoms with van der Waals surface area (Å²) in [4.78, 5) is 25.2. The van der Waals surface area contributed by atoms with E-state index in [9.17, 15) is 4.79 Å².